The highest BCUT2D eigenvalue weighted by atomic mass is 32.2. The summed E-state index contributed by atoms with van der Waals surface area (Å²) >= 11 is 2.06. The van der Waals surface area contributed by atoms with E-state index in [1.807, 2.05) is 0 Å². The smallest absolute Gasteiger partial charge is 0.00676 e. The molecule has 1 saturated carbocycles. The van der Waals surface area contributed by atoms with E-state index in [9.17, 15) is 0 Å². The van der Waals surface area contributed by atoms with E-state index in [4.69, 9.17) is 5.73 Å². The van der Waals surface area contributed by atoms with Gasteiger partial charge in [0.2, 0.25) is 0 Å². The van der Waals surface area contributed by atoms with Gasteiger partial charge in [-0.2, -0.15) is 11.8 Å². The van der Waals surface area contributed by atoms with E-state index in [1.54, 1.807) is 0 Å². The predicted octanol–water partition coefficient (Wildman–Crippen LogP) is 3.53. The van der Waals surface area contributed by atoms with Crippen molar-refractivity contribution in [1.82, 2.24) is 0 Å². The van der Waals surface area contributed by atoms with Crippen LogP contribution in [-0.2, 0) is 0 Å². The molecule has 2 N–H and O–H groups in total. The van der Waals surface area contributed by atoms with Crippen LogP contribution in [0.15, 0.2) is 0 Å². The number of hydrogen-bond acceptors (Lipinski definition) is 2. The largest absolute Gasteiger partial charge is 0.327 e. The van der Waals surface area contributed by atoms with Crippen LogP contribution < -0.4 is 5.73 Å². The van der Waals surface area contributed by atoms with Crippen molar-refractivity contribution in [3.8, 4) is 0 Å². The Balaban J connectivity index is 2.32. The minimum atomic E-state index is 0.484. The van der Waals surface area contributed by atoms with Gasteiger partial charge in [0, 0.05) is 6.04 Å². The fraction of sp³-hybridized carbons (Fsp3) is 1.00. The molecule has 0 aromatic heterocycles. The van der Waals surface area contributed by atoms with Crippen LogP contribution in [0.25, 0.3) is 0 Å². The molecule has 0 radical (unpaired) electrons. The maximum Gasteiger partial charge on any atom is 0.00676 e. The summed E-state index contributed by atoms with van der Waals surface area (Å²) < 4.78 is 0. The van der Waals surface area contributed by atoms with Gasteiger partial charge in [0.15, 0.2) is 0 Å². The van der Waals surface area contributed by atoms with Crippen LogP contribution in [0.2, 0.25) is 0 Å². The molecule has 0 aromatic rings. The molecule has 0 saturated heterocycles. The first-order valence-corrected chi connectivity index (χ1v) is 7.64. The van der Waals surface area contributed by atoms with Crippen LogP contribution in [0.1, 0.15) is 46.5 Å². The number of nitrogens with two attached hydrogens (primary N) is 1. The molecule has 1 fully saturated rings. The molecule has 1 aliphatic carbocycles. The van der Waals surface area contributed by atoms with Crippen LogP contribution in [0.4, 0.5) is 0 Å². The molecule has 0 bridgehead atoms. The second kappa shape index (κ2) is 6.80. The Morgan fingerprint density at radius 1 is 1.33 bits per heavy atom. The van der Waals surface area contributed by atoms with Crippen LogP contribution in [0, 0.1) is 17.8 Å². The second-order valence-corrected chi connectivity index (χ2v) is 6.62. The summed E-state index contributed by atoms with van der Waals surface area (Å²) in [5.41, 5.74) is 6.21. The highest BCUT2D eigenvalue weighted by molar-refractivity contribution is 7.99. The maximum atomic E-state index is 6.21. The first-order valence-electron chi connectivity index (χ1n) is 6.48. The summed E-state index contributed by atoms with van der Waals surface area (Å²) in [5.74, 6) is 5.13. The van der Waals surface area contributed by atoms with Gasteiger partial charge in [-0.05, 0) is 54.9 Å². The van der Waals surface area contributed by atoms with Crippen LogP contribution in [0.3, 0.4) is 0 Å². The van der Waals surface area contributed by atoms with Crippen LogP contribution >= 0.6 is 11.8 Å². The number of rotatable bonds is 5. The van der Waals surface area contributed by atoms with Gasteiger partial charge in [-0.3, -0.25) is 0 Å². The van der Waals surface area contributed by atoms with E-state index in [-0.39, 0.29) is 0 Å². The molecule has 15 heavy (non-hydrogen) atoms. The molecule has 3 unspecified atom stereocenters. The standard InChI is InChI=1S/C13H27NS/c1-4-15-8-7-12-9-11(10(2)3)5-6-13(12)14/h10-13H,4-9,14H2,1-3H3. The third-order valence-electron chi connectivity index (χ3n) is 3.86. The summed E-state index contributed by atoms with van der Waals surface area (Å²) in [6.07, 6.45) is 5.33. The molecule has 1 aliphatic rings. The van der Waals surface area contributed by atoms with Gasteiger partial charge in [-0.1, -0.05) is 20.8 Å². The Hall–Kier alpha value is 0.310. The van der Waals surface area contributed by atoms with Crippen molar-refractivity contribution >= 4 is 11.8 Å². The maximum absolute atomic E-state index is 6.21. The van der Waals surface area contributed by atoms with E-state index in [0.29, 0.717) is 6.04 Å². The van der Waals surface area contributed by atoms with Crippen molar-refractivity contribution in [2.24, 2.45) is 23.5 Å². The minimum Gasteiger partial charge on any atom is -0.327 e. The summed E-state index contributed by atoms with van der Waals surface area (Å²) in [5, 5.41) is 0. The zero-order chi connectivity index (χ0) is 11.3. The summed E-state index contributed by atoms with van der Waals surface area (Å²) in [4.78, 5) is 0. The van der Waals surface area contributed by atoms with E-state index >= 15 is 0 Å². The van der Waals surface area contributed by atoms with Gasteiger partial charge in [0.25, 0.3) is 0 Å². The lowest BCUT2D eigenvalue weighted by Crippen LogP contribution is -2.37. The summed E-state index contributed by atoms with van der Waals surface area (Å²) in [6, 6.07) is 0.484. The third kappa shape index (κ3) is 4.36. The molecule has 0 aliphatic heterocycles. The second-order valence-electron chi connectivity index (χ2n) is 5.23. The fourth-order valence-electron chi connectivity index (χ4n) is 2.64. The Morgan fingerprint density at radius 3 is 2.67 bits per heavy atom. The van der Waals surface area contributed by atoms with Crippen molar-refractivity contribution in [1.29, 1.82) is 0 Å². The normalized spacial score (nSPS) is 32.2. The van der Waals surface area contributed by atoms with Gasteiger partial charge in [-0.15, -0.1) is 0 Å². The topological polar surface area (TPSA) is 26.0 Å². The van der Waals surface area contributed by atoms with E-state index in [0.717, 1.165) is 17.8 Å². The van der Waals surface area contributed by atoms with Crippen molar-refractivity contribution < 1.29 is 0 Å². The molecule has 0 heterocycles. The van der Waals surface area contributed by atoms with Crippen molar-refractivity contribution in [2.45, 2.75) is 52.5 Å². The van der Waals surface area contributed by atoms with Gasteiger partial charge in [-0.25, -0.2) is 0 Å². The fourth-order valence-corrected chi connectivity index (χ4v) is 3.40. The lowest BCUT2D eigenvalue weighted by Gasteiger charge is -2.36. The first-order chi connectivity index (χ1) is 7.15. The third-order valence-corrected chi connectivity index (χ3v) is 4.79. The molecule has 0 amide bonds. The molecule has 1 rings (SSSR count). The average Bonchev–Trinajstić information content (AvgIpc) is 2.20. The molecular formula is C13H27NS. The molecule has 2 heteroatoms. The number of hydrogen-bond donors (Lipinski definition) is 1. The van der Waals surface area contributed by atoms with Crippen molar-refractivity contribution in [3.05, 3.63) is 0 Å². The van der Waals surface area contributed by atoms with E-state index < -0.39 is 0 Å². The Bertz CT molecular complexity index is 170. The zero-order valence-electron chi connectivity index (χ0n) is 10.5. The molecule has 3 atom stereocenters. The van der Waals surface area contributed by atoms with Gasteiger partial charge in [0.1, 0.15) is 0 Å². The zero-order valence-corrected chi connectivity index (χ0v) is 11.4. The lowest BCUT2D eigenvalue weighted by atomic mass is 9.73. The summed E-state index contributed by atoms with van der Waals surface area (Å²) in [7, 11) is 0. The highest BCUT2D eigenvalue weighted by Gasteiger charge is 2.29. The highest BCUT2D eigenvalue weighted by Crippen LogP contribution is 2.35. The molecule has 0 aromatic carbocycles. The van der Waals surface area contributed by atoms with E-state index in [1.165, 1.54) is 37.2 Å². The van der Waals surface area contributed by atoms with Gasteiger partial charge < -0.3 is 5.73 Å². The summed E-state index contributed by atoms with van der Waals surface area (Å²) in [6.45, 7) is 6.96. The molecular weight excluding hydrogens is 202 g/mol. The Morgan fingerprint density at radius 2 is 2.07 bits per heavy atom. The minimum absolute atomic E-state index is 0.484. The van der Waals surface area contributed by atoms with E-state index in [2.05, 4.69) is 32.5 Å². The molecule has 0 spiro atoms. The monoisotopic (exact) mass is 229 g/mol. The quantitative estimate of drug-likeness (QED) is 0.730. The molecule has 90 valence electrons. The van der Waals surface area contributed by atoms with Crippen molar-refractivity contribution in [2.75, 3.05) is 11.5 Å². The Kier molecular flexibility index (Phi) is 6.06. The van der Waals surface area contributed by atoms with Gasteiger partial charge >= 0.3 is 0 Å². The van der Waals surface area contributed by atoms with Crippen LogP contribution in [-0.4, -0.2) is 17.5 Å². The number of thioether (sulfide) groups is 1. The van der Waals surface area contributed by atoms with Crippen molar-refractivity contribution in [3.63, 3.8) is 0 Å². The molecule has 1 nitrogen and oxygen atoms in total. The van der Waals surface area contributed by atoms with Crippen LogP contribution in [0.5, 0.6) is 0 Å². The Labute approximate surface area is 99.6 Å². The predicted molar refractivity (Wildman–Crippen MR) is 71.3 cm³/mol. The first kappa shape index (κ1) is 13.4. The average molecular weight is 229 g/mol. The lowest BCUT2D eigenvalue weighted by molar-refractivity contribution is 0.187. The van der Waals surface area contributed by atoms with Gasteiger partial charge in [0.05, 0.1) is 0 Å². The SMILES string of the molecule is CCSCCC1CC(C(C)C)CCC1N.